The Hall–Kier alpha value is -1.03. The Kier molecular flexibility index (Phi) is 7.36. The summed E-state index contributed by atoms with van der Waals surface area (Å²) in [5, 5.41) is 2.83. The van der Waals surface area contributed by atoms with Gasteiger partial charge >= 0.3 is 0 Å². The molecule has 0 radical (unpaired) electrons. The molecule has 0 aromatic heterocycles. The normalized spacial score (nSPS) is 34.6. The third-order valence-electron chi connectivity index (χ3n) is 8.09. The molecule has 2 aliphatic carbocycles. The molecule has 2 heterocycles. The summed E-state index contributed by atoms with van der Waals surface area (Å²) in [6.45, 7) is 2.30. The fourth-order valence-corrected chi connectivity index (χ4v) is 8.25. The molecule has 1 N–H and O–H groups in total. The van der Waals surface area contributed by atoms with Crippen LogP contribution in [0.3, 0.4) is 0 Å². The standard InChI is InChI=1S/C26H39NO6S/c1-18-11-13-20(14-12-18)34(28,29)24-22(27-19-9-5-3-6-10-19)25(30-2)32-23(24)21-17-31-26(33-21)15-7-4-8-16-26/h11-14,19,21-25,27H,3-10,15-17H2,1-2H3/t21-,22+,23-,24+,25+/m1/s1. The molecule has 7 nitrogen and oxygen atoms in total. The van der Waals surface area contributed by atoms with Crippen LogP contribution >= 0.6 is 0 Å². The molecule has 4 fully saturated rings. The molecule has 0 unspecified atom stereocenters. The van der Waals surface area contributed by atoms with Crippen molar-refractivity contribution in [2.45, 2.75) is 118 Å². The molecule has 2 aliphatic heterocycles. The summed E-state index contributed by atoms with van der Waals surface area (Å²) in [6, 6.07) is 6.89. The van der Waals surface area contributed by atoms with Gasteiger partial charge in [0.25, 0.3) is 0 Å². The van der Waals surface area contributed by atoms with Crippen molar-refractivity contribution in [3.8, 4) is 0 Å². The van der Waals surface area contributed by atoms with Gasteiger partial charge in [-0.05, 0) is 44.7 Å². The Morgan fingerprint density at radius 1 is 1.00 bits per heavy atom. The lowest BCUT2D eigenvalue weighted by Crippen LogP contribution is -2.54. The van der Waals surface area contributed by atoms with E-state index in [0.717, 1.165) is 56.9 Å². The number of benzene rings is 1. The van der Waals surface area contributed by atoms with Crippen molar-refractivity contribution in [3.05, 3.63) is 29.8 Å². The summed E-state index contributed by atoms with van der Waals surface area (Å²) in [5.41, 5.74) is 1.02. The molecule has 5 rings (SSSR count). The van der Waals surface area contributed by atoms with Gasteiger partial charge in [0.05, 0.1) is 17.5 Å². The number of ether oxygens (including phenoxy) is 4. The van der Waals surface area contributed by atoms with Gasteiger partial charge in [-0.3, -0.25) is 0 Å². The van der Waals surface area contributed by atoms with Crippen molar-refractivity contribution in [2.75, 3.05) is 13.7 Å². The first-order valence-corrected chi connectivity index (χ1v) is 14.5. The van der Waals surface area contributed by atoms with Crippen molar-refractivity contribution in [2.24, 2.45) is 0 Å². The van der Waals surface area contributed by atoms with Crippen molar-refractivity contribution < 1.29 is 27.4 Å². The van der Waals surface area contributed by atoms with E-state index < -0.39 is 45.4 Å². The fraction of sp³-hybridized carbons (Fsp3) is 0.769. The highest BCUT2D eigenvalue weighted by Gasteiger charge is 2.58. The summed E-state index contributed by atoms with van der Waals surface area (Å²) < 4.78 is 53.0. The highest BCUT2D eigenvalue weighted by molar-refractivity contribution is 7.92. The van der Waals surface area contributed by atoms with E-state index in [4.69, 9.17) is 18.9 Å². The zero-order chi connectivity index (χ0) is 23.8. The minimum absolute atomic E-state index is 0.264. The number of hydrogen-bond acceptors (Lipinski definition) is 7. The summed E-state index contributed by atoms with van der Waals surface area (Å²) in [6.07, 6.45) is 8.87. The van der Waals surface area contributed by atoms with Gasteiger partial charge in [-0.25, -0.2) is 8.42 Å². The highest BCUT2D eigenvalue weighted by atomic mass is 32.2. The van der Waals surface area contributed by atoms with Gasteiger partial charge < -0.3 is 24.3 Å². The molecule has 4 aliphatic rings. The average molecular weight is 494 g/mol. The zero-order valence-electron chi connectivity index (χ0n) is 20.4. The molecule has 1 spiro atoms. The first-order valence-electron chi connectivity index (χ1n) is 13.0. The van der Waals surface area contributed by atoms with Crippen LogP contribution in [0.5, 0.6) is 0 Å². The van der Waals surface area contributed by atoms with E-state index in [2.05, 4.69) is 5.32 Å². The van der Waals surface area contributed by atoms with E-state index >= 15 is 0 Å². The highest BCUT2D eigenvalue weighted by Crippen LogP contribution is 2.43. The summed E-state index contributed by atoms with van der Waals surface area (Å²) >= 11 is 0. The minimum Gasteiger partial charge on any atom is -0.354 e. The van der Waals surface area contributed by atoms with Crippen LogP contribution in [0.2, 0.25) is 0 Å². The predicted molar refractivity (Wildman–Crippen MR) is 128 cm³/mol. The maximum atomic E-state index is 14.1. The molecule has 2 saturated carbocycles. The molecular weight excluding hydrogens is 454 g/mol. The fourth-order valence-electron chi connectivity index (χ4n) is 6.24. The van der Waals surface area contributed by atoms with Crippen LogP contribution in [0.4, 0.5) is 0 Å². The van der Waals surface area contributed by atoms with Crippen LogP contribution < -0.4 is 5.32 Å². The van der Waals surface area contributed by atoms with Gasteiger partial charge in [-0.1, -0.05) is 43.4 Å². The lowest BCUT2D eigenvalue weighted by Gasteiger charge is -2.33. The number of nitrogens with one attached hydrogen (secondary N) is 1. The van der Waals surface area contributed by atoms with Crippen LogP contribution in [-0.4, -0.2) is 63.8 Å². The Labute approximate surface area is 203 Å². The van der Waals surface area contributed by atoms with Gasteiger partial charge in [0, 0.05) is 26.0 Å². The largest absolute Gasteiger partial charge is 0.354 e. The van der Waals surface area contributed by atoms with Crippen LogP contribution in [0.25, 0.3) is 0 Å². The molecular formula is C26H39NO6S. The molecule has 2 saturated heterocycles. The van der Waals surface area contributed by atoms with E-state index in [9.17, 15) is 8.42 Å². The van der Waals surface area contributed by atoms with Crippen LogP contribution in [0.15, 0.2) is 29.2 Å². The topological polar surface area (TPSA) is 83.1 Å². The zero-order valence-corrected chi connectivity index (χ0v) is 21.2. The van der Waals surface area contributed by atoms with E-state index in [1.54, 1.807) is 19.2 Å². The molecule has 0 amide bonds. The minimum atomic E-state index is -3.73. The van der Waals surface area contributed by atoms with Crippen molar-refractivity contribution in [1.82, 2.24) is 5.32 Å². The van der Waals surface area contributed by atoms with Crippen molar-refractivity contribution in [1.29, 1.82) is 0 Å². The van der Waals surface area contributed by atoms with Gasteiger partial charge in [0.2, 0.25) is 0 Å². The lowest BCUT2D eigenvalue weighted by atomic mass is 9.94. The Morgan fingerprint density at radius 2 is 1.68 bits per heavy atom. The van der Waals surface area contributed by atoms with Crippen molar-refractivity contribution >= 4 is 9.84 Å². The Bertz CT molecular complexity index is 923. The van der Waals surface area contributed by atoms with Crippen LogP contribution in [0.1, 0.15) is 69.8 Å². The molecule has 1 aromatic rings. The third-order valence-corrected chi connectivity index (χ3v) is 10.3. The van der Waals surface area contributed by atoms with Gasteiger partial charge in [-0.15, -0.1) is 0 Å². The number of rotatable bonds is 6. The maximum absolute atomic E-state index is 14.1. The predicted octanol–water partition coefficient (Wildman–Crippen LogP) is 3.88. The summed E-state index contributed by atoms with van der Waals surface area (Å²) in [4.78, 5) is 0.315. The first-order chi connectivity index (χ1) is 16.4. The summed E-state index contributed by atoms with van der Waals surface area (Å²) in [5.74, 6) is -0.595. The maximum Gasteiger partial charge on any atom is 0.185 e. The third kappa shape index (κ3) is 4.82. The SMILES string of the molecule is CO[C@H]1O[C@H]([C@H]2COC3(CCCCC3)O2)[C@@H](S(=O)(=O)c2ccc(C)cc2)[C@@H]1NC1CCCCC1. The average Bonchev–Trinajstić information content (AvgIpc) is 3.42. The number of hydrogen-bond donors (Lipinski definition) is 1. The number of methoxy groups -OCH3 is 1. The van der Waals surface area contributed by atoms with Crippen molar-refractivity contribution in [3.63, 3.8) is 0 Å². The van der Waals surface area contributed by atoms with Gasteiger partial charge in [0.1, 0.15) is 17.5 Å². The number of aryl methyl sites for hydroxylation is 1. The van der Waals surface area contributed by atoms with Crippen LogP contribution in [0, 0.1) is 6.92 Å². The molecule has 1 aromatic carbocycles. The van der Waals surface area contributed by atoms with E-state index in [-0.39, 0.29) is 6.04 Å². The Morgan fingerprint density at radius 3 is 2.35 bits per heavy atom. The van der Waals surface area contributed by atoms with E-state index in [1.165, 1.54) is 12.8 Å². The smallest absolute Gasteiger partial charge is 0.185 e. The Balaban J connectivity index is 1.47. The molecule has 0 bridgehead atoms. The molecule has 34 heavy (non-hydrogen) atoms. The second kappa shape index (κ2) is 10.1. The van der Waals surface area contributed by atoms with E-state index in [0.29, 0.717) is 11.5 Å². The quantitative estimate of drug-likeness (QED) is 0.644. The molecule has 8 heteroatoms. The first kappa shape index (κ1) is 24.7. The second-order valence-corrected chi connectivity index (χ2v) is 12.6. The monoisotopic (exact) mass is 493 g/mol. The second-order valence-electron chi connectivity index (χ2n) is 10.5. The molecule has 5 atom stereocenters. The van der Waals surface area contributed by atoms with Gasteiger partial charge in [0.15, 0.2) is 21.9 Å². The van der Waals surface area contributed by atoms with E-state index in [1.807, 2.05) is 19.1 Å². The van der Waals surface area contributed by atoms with Crippen LogP contribution in [-0.2, 0) is 28.8 Å². The number of sulfone groups is 1. The lowest BCUT2D eigenvalue weighted by molar-refractivity contribution is -0.206. The molecule has 190 valence electrons. The summed E-state index contributed by atoms with van der Waals surface area (Å²) in [7, 11) is -2.14. The van der Waals surface area contributed by atoms with Gasteiger partial charge in [-0.2, -0.15) is 0 Å².